The van der Waals surface area contributed by atoms with Crippen LogP contribution in [0.2, 0.25) is 5.15 Å². The smallest absolute Gasteiger partial charge is 0.150 e. The molecule has 1 heterocycles. The summed E-state index contributed by atoms with van der Waals surface area (Å²) in [5.74, 6) is 0.793. The van der Waals surface area contributed by atoms with Gasteiger partial charge in [-0.2, -0.15) is 0 Å². The van der Waals surface area contributed by atoms with E-state index in [2.05, 4.69) is 9.97 Å². The maximum absolute atomic E-state index is 6.04. The number of hydrogen-bond donors (Lipinski definition) is 2. The van der Waals surface area contributed by atoms with E-state index in [4.69, 9.17) is 17.3 Å². The Kier molecular flexibility index (Phi) is 3.27. The first-order valence-corrected chi connectivity index (χ1v) is 5.60. The first-order valence-electron chi connectivity index (χ1n) is 5.22. The zero-order valence-corrected chi connectivity index (χ0v) is 9.83. The van der Waals surface area contributed by atoms with Crippen LogP contribution in [0.15, 0.2) is 30.3 Å². The fraction of sp³-hybridized carbons (Fsp3) is 0.250. The van der Waals surface area contributed by atoms with E-state index in [0.717, 1.165) is 17.1 Å². The lowest BCUT2D eigenvalue weighted by Gasteiger charge is -2.01. The number of aromatic amines is 1. The fourth-order valence-corrected chi connectivity index (χ4v) is 1.79. The molecule has 0 bridgehead atoms. The molecule has 2 rings (SSSR count). The number of H-pyrrole nitrogens is 1. The lowest BCUT2D eigenvalue weighted by atomic mass is 10.2. The second-order valence-corrected chi connectivity index (χ2v) is 4.26. The molecule has 84 valence electrons. The van der Waals surface area contributed by atoms with Gasteiger partial charge in [-0.25, -0.2) is 4.98 Å². The van der Waals surface area contributed by atoms with Gasteiger partial charge in [0.2, 0.25) is 0 Å². The van der Waals surface area contributed by atoms with E-state index in [1.165, 1.54) is 0 Å². The lowest BCUT2D eigenvalue weighted by Crippen LogP contribution is -2.18. The molecular weight excluding hydrogens is 222 g/mol. The molecule has 0 amide bonds. The monoisotopic (exact) mass is 235 g/mol. The van der Waals surface area contributed by atoms with Gasteiger partial charge in [0.05, 0.1) is 5.69 Å². The first-order chi connectivity index (χ1) is 7.66. The van der Waals surface area contributed by atoms with E-state index >= 15 is 0 Å². The molecule has 4 heteroatoms. The van der Waals surface area contributed by atoms with Gasteiger partial charge in [-0.15, -0.1) is 0 Å². The van der Waals surface area contributed by atoms with Crippen molar-refractivity contribution in [3.8, 4) is 11.4 Å². The van der Waals surface area contributed by atoms with E-state index in [0.29, 0.717) is 11.6 Å². The fourth-order valence-electron chi connectivity index (χ4n) is 1.58. The van der Waals surface area contributed by atoms with Crippen LogP contribution >= 0.6 is 11.6 Å². The van der Waals surface area contributed by atoms with Gasteiger partial charge in [-0.1, -0.05) is 41.9 Å². The molecule has 0 fully saturated rings. The van der Waals surface area contributed by atoms with Gasteiger partial charge in [-0.3, -0.25) is 0 Å². The minimum atomic E-state index is 0.0709. The van der Waals surface area contributed by atoms with Gasteiger partial charge in [-0.05, 0) is 6.92 Å². The van der Waals surface area contributed by atoms with Crippen LogP contribution in [0.4, 0.5) is 0 Å². The maximum Gasteiger partial charge on any atom is 0.150 e. The number of hydrogen-bond acceptors (Lipinski definition) is 2. The van der Waals surface area contributed by atoms with Gasteiger partial charge >= 0.3 is 0 Å². The quantitative estimate of drug-likeness (QED) is 0.859. The molecule has 16 heavy (non-hydrogen) atoms. The molecule has 3 nitrogen and oxygen atoms in total. The Balaban J connectivity index is 2.31. The van der Waals surface area contributed by atoms with Crippen molar-refractivity contribution in [2.24, 2.45) is 5.73 Å². The Morgan fingerprint density at radius 1 is 1.38 bits per heavy atom. The highest BCUT2D eigenvalue weighted by molar-refractivity contribution is 6.30. The molecule has 0 aliphatic carbocycles. The van der Waals surface area contributed by atoms with E-state index in [1.807, 2.05) is 37.3 Å². The molecule has 0 aliphatic rings. The number of nitrogens with one attached hydrogen (secondary N) is 1. The minimum Gasteiger partial charge on any atom is -0.341 e. The normalized spacial score (nSPS) is 12.7. The molecule has 1 atom stereocenters. The second kappa shape index (κ2) is 4.68. The topological polar surface area (TPSA) is 54.7 Å². The van der Waals surface area contributed by atoms with Crippen molar-refractivity contribution in [1.82, 2.24) is 9.97 Å². The van der Waals surface area contributed by atoms with Crippen molar-refractivity contribution >= 4 is 11.6 Å². The predicted molar refractivity (Wildman–Crippen MR) is 66.4 cm³/mol. The molecule has 0 spiro atoms. The van der Waals surface area contributed by atoms with Gasteiger partial charge in [0.1, 0.15) is 5.82 Å². The van der Waals surface area contributed by atoms with Crippen LogP contribution in [0, 0.1) is 0 Å². The van der Waals surface area contributed by atoms with Crippen LogP contribution in [0.25, 0.3) is 11.4 Å². The number of nitrogens with zero attached hydrogens (tertiary/aromatic N) is 1. The summed E-state index contributed by atoms with van der Waals surface area (Å²) in [6, 6.07) is 9.96. The summed E-state index contributed by atoms with van der Waals surface area (Å²) in [7, 11) is 0. The van der Waals surface area contributed by atoms with Gasteiger partial charge in [0, 0.05) is 18.0 Å². The highest BCUT2D eigenvalue weighted by Crippen LogP contribution is 2.21. The third kappa shape index (κ3) is 2.43. The van der Waals surface area contributed by atoms with Crippen molar-refractivity contribution in [1.29, 1.82) is 0 Å². The van der Waals surface area contributed by atoms with Crippen LogP contribution in [0.3, 0.4) is 0 Å². The van der Waals surface area contributed by atoms with Crippen molar-refractivity contribution in [3.05, 3.63) is 41.2 Å². The van der Waals surface area contributed by atoms with Crippen LogP contribution in [-0.2, 0) is 6.42 Å². The van der Waals surface area contributed by atoms with E-state index < -0.39 is 0 Å². The number of imidazole rings is 1. The molecule has 2 aromatic rings. The summed E-state index contributed by atoms with van der Waals surface area (Å²) in [6.45, 7) is 1.94. The van der Waals surface area contributed by atoms with E-state index in [1.54, 1.807) is 0 Å². The summed E-state index contributed by atoms with van der Waals surface area (Å²) in [5.41, 5.74) is 7.66. The molecular formula is C12H14ClN3. The number of aromatic nitrogens is 2. The van der Waals surface area contributed by atoms with Gasteiger partial charge in [0.25, 0.3) is 0 Å². The van der Waals surface area contributed by atoms with Crippen LogP contribution in [0.1, 0.15) is 12.6 Å². The lowest BCUT2D eigenvalue weighted by molar-refractivity contribution is 0.726. The highest BCUT2D eigenvalue weighted by Gasteiger charge is 2.10. The zero-order chi connectivity index (χ0) is 11.5. The molecule has 0 saturated carbocycles. The van der Waals surface area contributed by atoms with Crippen LogP contribution < -0.4 is 5.73 Å². The Hall–Kier alpha value is -1.32. The Bertz CT molecular complexity index is 462. The summed E-state index contributed by atoms with van der Waals surface area (Å²) in [4.78, 5) is 7.49. The molecule has 0 saturated heterocycles. The van der Waals surface area contributed by atoms with E-state index in [9.17, 15) is 0 Å². The second-order valence-electron chi connectivity index (χ2n) is 3.90. The maximum atomic E-state index is 6.04. The molecule has 1 unspecified atom stereocenters. The van der Waals surface area contributed by atoms with Crippen LogP contribution in [0.5, 0.6) is 0 Å². The molecule has 3 N–H and O–H groups in total. The Labute approximate surface area is 99.7 Å². The Morgan fingerprint density at radius 3 is 2.69 bits per heavy atom. The standard InChI is InChI=1S/C12H14ClN3/c1-8(14)7-10-11(13)16-12(15-10)9-5-3-2-4-6-9/h2-6,8H,7,14H2,1H3,(H,15,16). The van der Waals surface area contributed by atoms with Crippen molar-refractivity contribution < 1.29 is 0 Å². The number of benzene rings is 1. The average molecular weight is 236 g/mol. The number of halogens is 1. The summed E-state index contributed by atoms with van der Waals surface area (Å²) in [6.07, 6.45) is 0.707. The number of rotatable bonds is 3. The largest absolute Gasteiger partial charge is 0.341 e. The van der Waals surface area contributed by atoms with Crippen molar-refractivity contribution in [2.45, 2.75) is 19.4 Å². The van der Waals surface area contributed by atoms with E-state index in [-0.39, 0.29) is 6.04 Å². The average Bonchev–Trinajstić information content (AvgIpc) is 2.61. The van der Waals surface area contributed by atoms with Crippen LogP contribution in [-0.4, -0.2) is 16.0 Å². The highest BCUT2D eigenvalue weighted by atomic mass is 35.5. The predicted octanol–water partition coefficient (Wildman–Crippen LogP) is 2.62. The minimum absolute atomic E-state index is 0.0709. The van der Waals surface area contributed by atoms with Crippen molar-refractivity contribution in [3.63, 3.8) is 0 Å². The summed E-state index contributed by atoms with van der Waals surface area (Å²) >= 11 is 6.04. The molecule has 1 aromatic carbocycles. The zero-order valence-electron chi connectivity index (χ0n) is 9.07. The summed E-state index contributed by atoms with van der Waals surface area (Å²) < 4.78 is 0. The first kappa shape index (κ1) is 11.2. The SMILES string of the molecule is CC(N)Cc1[nH]c(-c2ccccc2)nc1Cl. The molecule has 0 aliphatic heterocycles. The van der Waals surface area contributed by atoms with Crippen molar-refractivity contribution in [2.75, 3.05) is 0 Å². The van der Waals surface area contributed by atoms with Gasteiger partial charge < -0.3 is 10.7 Å². The summed E-state index contributed by atoms with van der Waals surface area (Å²) in [5, 5.41) is 0.510. The van der Waals surface area contributed by atoms with Gasteiger partial charge in [0.15, 0.2) is 5.15 Å². The third-order valence-electron chi connectivity index (χ3n) is 2.30. The molecule has 1 aromatic heterocycles. The number of nitrogens with two attached hydrogens (primary N) is 1. The third-order valence-corrected chi connectivity index (χ3v) is 2.61. The Morgan fingerprint density at radius 2 is 2.06 bits per heavy atom. The molecule has 0 radical (unpaired) electrons.